The third kappa shape index (κ3) is 4.88. The van der Waals surface area contributed by atoms with Crippen molar-refractivity contribution < 1.29 is 22.7 Å². The van der Waals surface area contributed by atoms with Crippen LogP contribution in [0, 0.1) is 0 Å². The Balaban J connectivity index is 1.47. The fourth-order valence-corrected chi connectivity index (χ4v) is 5.20. The first kappa shape index (κ1) is 24.1. The van der Waals surface area contributed by atoms with Crippen molar-refractivity contribution in [2.75, 3.05) is 31.6 Å². The van der Waals surface area contributed by atoms with Gasteiger partial charge in [-0.3, -0.25) is 4.79 Å². The Kier molecular flexibility index (Phi) is 6.25. The highest BCUT2D eigenvalue weighted by Gasteiger charge is 2.38. The molecule has 3 aliphatic heterocycles. The van der Waals surface area contributed by atoms with Crippen molar-refractivity contribution in [2.45, 2.75) is 69.8 Å². The molecule has 1 amide bonds. The summed E-state index contributed by atoms with van der Waals surface area (Å²) in [7, 11) is 0. The fourth-order valence-electron chi connectivity index (χ4n) is 5.20. The van der Waals surface area contributed by atoms with Crippen molar-refractivity contribution in [1.29, 1.82) is 0 Å². The minimum atomic E-state index is -4.63. The van der Waals surface area contributed by atoms with Crippen LogP contribution >= 0.6 is 0 Å². The Morgan fingerprint density at radius 2 is 2.11 bits per heavy atom. The second-order valence-corrected chi connectivity index (χ2v) is 10.3. The lowest BCUT2D eigenvalue weighted by Crippen LogP contribution is -2.50. The van der Waals surface area contributed by atoms with Gasteiger partial charge in [-0.2, -0.15) is 13.2 Å². The van der Waals surface area contributed by atoms with Crippen LogP contribution in [0.4, 0.5) is 19.1 Å². The van der Waals surface area contributed by atoms with Gasteiger partial charge < -0.3 is 25.3 Å². The van der Waals surface area contributed by atoms with Crippen molar-refractivity contribution in [1.82, 2.24) is 25.2 Å². The SMILES string of the molecule is CC1(C)CCC(Nc2ncc(C(F)(F)F)c(-c3c[nH]c4c3CCCN(C3CCOC3)C4=O)n2)CN1. The number of amides is 1. The maximum absolute atomic E-state index is 14.0. The molecule has 0 spiro atoms. The van der Waals surface area contributed by atoms with E-state index in [-0.39, 0.29) is 35.2 Å². The van der Waals surface area contributed by atoms with Gasteiger partial charge in [-0.25, -0.2) is 9.97 Å². The number of anilines is 1. The molecule has 0 aromatic carbocycles. The Labute approximate surface area is 202 Å². The summed E-state index contributed by atoms with van der Waals surface area (Å²) in [5, 5.41) is 6.63. The van der Waals surface area contributed by atoms with E-state index in [2.05, 4.69) is 39.4 Å². The van der Waals surface area contributed by atoms with Gasteiger partial charge in [0.15, 0.2) is 0 Å². The van der Waals surface area contributed by atoms with Crippen LogP contribution in [-0.2, 0) is 17.3 Å². The number of piperidine rings is 1. The van der Waals surface area contributed by atoms with E-state index >= 15 is 0 Å². The van der Waals surface area contributed by atoms with Crippen molar-refractivity contribution in [3.05, 3.63) is 29.2 Å². The number of hydrogen-bond acceptors (Lipinski definition) is 6. The molecule has 8 nitrogen and oxygen atoms in total. The molecular weight excluding hydrogens is 461 g/mol. The number of alkyl halides is 3. The molecule has 190 valence electrons. The molecule has 2 aromatic rings. The van der Waals surface area contributed by atoms with E-state index in [1.165, 1.54) is 6.20 Å². The first-order valence-corrected chi connectivity index (χ1v) is 12.2. The molecule has 0 saturated carbocycles. The van der Waals surface area contributed by atoms with Gasteiger partial charge in [0, 0.05) is 49.2 Å². The molecule has 2 saturated heterocycles. The van der Waals surface area contributed by atoms with Crippen LogP contribution in [0.3, 0.4) is 0 Å². The molecule has 0 bridgehead atoms. The Morgan fingerprint density at radius 1 is 1.29 bits per heavy atom. The second-order valence-electron chi connectivity index (χ2n) is 10.3. The summed E-state index contributed by atoms with van der Waals surface area (Å²) in [6, 6.07) is 0.00888. The molecule has 3 N–H and O–H groups in total. The van der Waals surface area contributed by atoms with E-state index in [9.17, 15) is 18.0 Å². The number of aromatic amines is 1. The predicted octanol–water partition coefficient (Wildman–Crippen LogP) is 3.61. The molecule has 3 aliphatic rings. The van der Waals surface area contributed by atoms with Gasteiger partial charge in [-0.05, 0) is 51.5 Å². The maximum Gasteiger partial charge on any atom is 0.419 e. The van der Waals surface area contributed by atoms with Crippen LogP contribution in [0.2, 0.25) is 0 Å². The molecule has 5 rings (SSSR count). The average molecular weight is 493 g/mol. The number of H-pyrrole nitrogens is 1. The van der Waals surface area contributed by atoms with Crippen molar-refractivity contribution in [3.63, 3.8) is 0 Å². The summed E-state index contributed by atoms with van der Waals surface area (Å²) < 4.78 is 47.3. The lowest BCUT2D eigenvalue weighted by atomic mass is 9.91. The van der Waals surface area contributed by atoms with Crippen molar-refractivity contribution in [3.8, 4) is 11.3 Å². The number of halogens is 3. The van der Waals surface area contributed by atoms with Crippen LogP contribution in [0.5, 0.6) is 0 Å². The zero-order chi connectivity index (χ0) is 24.8. The van der Waals surface area contributed by atoms with E-state index in [4.69, 9.17) is 4.74 Å². The van der Waals surface area contributed by atoms with Crippen molar-refractivity contribution >= 4 is 11.9 Å². The number of fused-ring (bicyclic) bond motifs is 1. The molecular formula is C24H31F3N6O2. The summed E-state index contributed by atoms with van der Waals surface area (Å²) >= 11 is 0. The summed E-state index contributed by atoms with van der Waals surface area (Å²) in [5.74, 6) is -0.0461. The summed E-state index contributed by atoms with van der Waals surface area (Å²) in [4.78, 5) is 26.4. The summed E-state index contributed by atoms with van der Waals surface area (Å²) in [6.45, 7) is 6.55. The van der Waals surface area contributed by atoms with Gasteiger partial charge >= 0.3 is 6.18 Å². The van der Waals surface area contributed by atoms with E-state index < -0.39 is 11.7 Å². The molecule has 2 aromatic heterocycles. The van der Waals surface area contributed by atoms with Gasteiger partial charge in [-0.1, -0.05) is 0 Å². The van der Waals surface area contributed by atoms with Crippen LogP contribution in [0.15, 0.2) is 12.4 Å². The van der Waals surface area contributed by atoms with Gasteiger partial charge in [0.25, 0.3) is 5.91 Å². The lowest BCUT2D eigenvalue weighted by molar-refractivity contribution is -0.137. The monoisotopic (exact) mass is 492 g/mol. The third-order valence-electron chi connectivity index (χ3n) is 7.26. The maximum atomic E-state index is 14.0. The minimum Gasteiger partial charge on any atom is -0.379 e. The molecule has 0 radical (unpaired) electrons. The first-order chi connectivity index (χ1) is 16.6. The van der Waals surface area contributed by atoms with Crippen LogP contribution in [0.25, 0.3) is 11.3 Å². The standard InChI is InChI=1S/C24H31F3N6O2/c1-23(2)7-5-14(10-30-23)31-22-29-12-18(24(25,26)27)19(32-22)17-11-28-20-16(17)4-3-8-33(21(20)34)15-6-9-35-13-15/h11-12,14-15,28,30H,3-10,13H2,1-2H3,(H,29,31,32). The number of carbonyl (C=O) groups excluding carboxylic acids is 1. The van der Waals surface area contributed by atoms with Gasteiger partial charge in [0.2, 0.25) is 5.95 Å². The fraction of sp³-hybridized carbons (Fsp3) is 0.625. The van der Waals surface area contributed by atoms with Gasteiger partial charge in [0.1, 0.15) is 11.3 Å². The van der Waals surface area contributed by atoms with E-state index in [0.717, 1.165) is 25.5 Å². The van der Waals surface area contributed by atoms with E-state index in [1.807, 2.05) is 0 Å². The quantitative estimate of drug-likeness (QED) is 0.604. The number of rotatable bonds is 4. The summed E-state index contributed by atoms with van der Waals surface area (Å²) in [5.41, 5.74) is 0.126. The van der Waals surface area contributed by atoms with Crippen LogP contribution in [-0.4, -0.2) is 69.7 Å². The third-order valence-corrected chi connectivity index (χ3v) is 7.26. The minimum absolute atomic E-state index is 0.00475. The van der Waals surface area contributed by atoms with Crippen LogP contribution < -0.4 is 10.6 Å². The topological polar surface area (TPSA) is 95.2 Å². The molecule has 2 unspecified atom stereocenters. The molecule has 11 heteroatoms. The molecule has 35 heavy (non-hydrogen) atoms. The highest BCUT2D eigenvalue weighted by Crippen LogP contribution is 2.39. The number of ether oxygens (including phenoxy) is 1. The predicted molar refractivity (Wildman–Crippen MR) is 124 cm³/mol. The highest BCUT2D eigenvalue weighted by molar-refractivity contribution is 5.97. The highest BCUT2D eigenvalue weighted by atomic mass is 19.4. The largest absolute Gasteiger partial charge is 0.419 e. The van der Waals surface area contributed by atoms with Gasteiger partial charge in [-0.15, -0.1) is 0 Å². The second kappa shape index (κ2) is 9.09. The Hall–Kier alpha value is -2.66. The zero-order valence-electron chi connectivity index (χ0n) is 20.0. The van der Waals surface area contributed by atoms with E-state index in [0.29, 0.717) is 56.0 Å². The molecule has 2 fully saturated rings. The number of hydrogen-bond donors (Lipinski definition) is 3. The van der Waals surface area contributed by atoms with Gasteiger partial charge in [0.05, 0.1) is 18.3 Å². The Morgan fingerprint density at radius 3 is 2.80 bits per heavy atom. The number of carbonyl (C=O) groups is 1. The summed E-state index contributed by atoms with van der Waals surface area (Å²) in [6.07, 6.45) is 1.37. The van der Waals surface area contributed by atoms with Crippen molar-refractivity contribution in [2.24, 2.45) is 0 Å². The average Bonchev–Trinajstić information content (AvgIpc) is 3.44. The lowest BCUT2D eigenvalue weighted by Gasteiger charge is -2.36. The zero-order valence-corrected chi connectivity index (χ0v) is 20.0. The van der Waals surface area contributed by atoms with Crippen LogP contribution in [0.1, 0.15) is 61.1 Å². The molecule has 2 atom stereocenters. The Bertz CT molecular complexity index is 1080. The normalized spacial score (nSPS) is 24.8. The molecule has 5 heterocycles. The molecule has 0 aliphatic carbocycles. The first-order valence-electron chi connectivity index (χ1n) is 12.2. The van der Waals surface area contributed by atoms with E-state index in [1.54, 1.807) is 4.90 Å². The number of nitrogens with one attached hydrogen (secondary N) is 3. The smallest absolute Gasteiger partial charge is 0.379 e. The number of aromatic nitrogens is 3. The number of nitrogens with zero attached hydrogens (tertiary/aromatic N) is 3.